The normalized spacial score (nSPS) is 11.2. The number of H-pyrrole nitrogens is 1. The monoisotopic (exact) mass is 411 g/mol. The molecule has 1 aromatic heterocycles. The topological polar surface area (TPSA) is 73.4 Å². The number of anilines is 1. The van der Waals surface area contributed by atoms with E-state index in [4.69, 9.17) is 0 Å². The van der Waals surface area contributed by atoms with Gasteiger partial charge in [-0.05, 0) is 49.7 Å². The maximum atomic E-state index is 12.5. The molecule has 0 saturated carbocycles. The molecule has 0 saturated heterocycles. The van der Waals surface area contributed by atoms with Crippen molar-refractivity contribution < 1.29 is 4.79 Å². The molecule has 2 N–H and O–H groups in total. The van der Waals surface area contributed by atoms with Crippen LogP contribution in [0.4, 0.5) is 5.69 Å². The first-order valence-corrected chi connectivity index (χ1v) is 10.4. The standard InChI is InChI=1S/C25H25N5O/c1-3-30(4-2)21-13-10-18(11-14-21)17-26-29-25(31)20-12-15-22-23(16-20)28-24(27-22)19-8-6-5-7-9-19/h5-17H,3-4H2,1-2H3,(H,27,28)(H,29,31)/b26-17+. The highest BCUT2D eigenvalue weighted by molar-refractivity contribution is 5.98. The maximum absolute atomic E-state index is 12.5. The highest BCUT2D eigenvalue weighted by Gasteiger charge is 2.09. The molecule has 0 aliphatic rings. The van der Waals surface area contributed by atoms with Crippen molar-refractivity contribution in [3.8, 4) is 11.4 Å². The second-order valence-corrected chi connectivity index (χ2v) is 7.15. The molecule has 4 aromatic rings. The minimum atomic E-state index is -0.270. The van der Waals surface area contributed by atoms with E-state index in [0.717, 1.165) is 41.1 Å². The van der Waals surface area contributed by atoms with Gasteiger partial charge in [0.05, 0.1) is 17.2 Å². The zero-order valence-electron chi connectivity index (χ0n) is 17.7. The second-order valence-electron chi connectivity index (χ2n) is 7.15. The van der Waals surface area contributed by atoms with Crippen LogP contribution in [0.2, 0.25) is 0 Å². The van der Waals surface area contributed by atoms with Crippen molar-refractivity contribution in [1.82, 2.24) is 15.4 Å². The summed E-state index contributed by atoms with van der Waals surface area (Å²) in [6.07, 6.45) is 1.64. The van der Waals surface area contributed by atoms with Gasteiger partial charge in [-0.2, -0.15) is 5.10 Å². The Bertz CT molecular complexity index is 1190. The zero-order valence-corrected chi connectivity index (χ0v) is 17.7. The molecule has 1 heterocycles. The van der Waals surface area contributed by atoms with Crippen molar-refractivity contribution >= 4 is 28.8 Å². The van der Waals surface area contributed by atoms with Gasteiger partial charge in [-0.3, -0.25) is 4.79 Å². The van der Waals surface area contributed by atoms with Crippen molar-refractivity contribution in [2.24, 2.45) is 5.10 Å². The first-order valence-electron chi connectivity index (χ1n) is 10.4. The van der Waals surface area contributed by atoms with Crippen LogP contribution in [-0.2, 0) is 0 Å². The van der Waals surface area contributed by atoms with Crippen molar-refractivity contribution in [1.29, 1.82) is 0 Å². The molecule has 0 atom stereocenters. The van der Waals surface area contributed by atoms with E-state index in [1.54, 1.807) is 18.3 Å². The number of amides is 1. The predicted octanol–water partition coefficient (Wildman–Crippen LogP) is 4.84. The average Bonchev–Trinajstić information content (AvgIpc) is 3.25. The highest BCUT2D eigenvalue weighted by atomic mass is 16.2. The number of nitrogens with zero attached hydrogens (tertiary/aromatic N) is 3. The molecule has 6 heteroatoms. The number of carbonyl (C=O) groups is 1. The Labute approximate surface area is 181 Å². The first-order chi connectivity index (χ1) is 15.2. The van der Waals surface area contributed by atoms with E-state index in [0.29, 0.717) is 5.56 Å². The van der Waals surface area contributed by atoms with E-state index in [1.165, 1.54) is 5.69 Å². The summed E-state index contributed by atoms with van der Waals surface area (Å²) in [5, 5.41) is 4.10. The second kappa shape index (κ2) is 9.26. The number of carbonyl (C=O) groups excluding carboxylic acids is 1. The Hall–Kier alpha value is -3.93. The molecule has 0 bridgehead atoms. The highest BCUT2D eigenvalue weighted by Crippen LogP contribution is 2.21. The van der Waals surface area contributed by atoms with Gasteiger partial charge in [0.2, 0.25) is 0 Å². The van der Waals surface area contributed by atoms with Crippen LogP contribution in [0.15, 0.2) is 77.9 Å². The van der Waals surface area contributed by atoms with E-state index < -0.39 is 0 Å². The van der Waals surface area contributed by atoms with Gasteiger partial charge in [0.1, 0.15) is 5.82 Å². The number of imidazole rings is 1. The molecular formula is C25H25N5O. The van der Waals surface area contributed by atoms with Crippen LogP contribution in [0, 0.1) is 0 Å². The van der Waals surface area contributed by atoms with Crippen molar-refractivity contribution in [3.63, 3.8) is 0 Å². The summed E-state index contributed by atoms with van der Waals surface area (Å²) in [5.74, 6) is 0.508. The fraction of sp³-hybridized carbons (Fsp3) is 0.160. The molecule has 1 amide bonds. The summed E-state index contributed by atoms with van der Waals surface area (Å²) in [5.41, 5.74) is 7.83. The number of fused-ring (bicyclic) bond motifs is 1. The Morgan fingerprint density at radius 3 is 2.48 bits per heavy atom. The number of benzene rings is 3. The van der Waals surface area contributed by atoms with Crippen LogP contribution >= 0.6 is 0 Å². The summed E-state index contributed by atoms with van der Waals surface area (Å²) < 4.78 is 0. The lowest BCUT2D eigenvalue weighted by molar-refractivity contribution is 0.0955. The van der Waals surface area contributed by atoms with Gasteiger partial charge in [-0.15, -0.1) is 0 Å². The molecule has 0 aliphatic carbocycles. The van der Waals surface area contributed by atoms with Gasteiger partial charge in [0, 0.05) is 29.9 Å². The van der Waals surface area contributed by atoms with E-state index in [2.05, 4.69) is 51.4 Å². The van der Waals surface area contributed by atoms with Gasteiger partial charge < -0.3 is 9.88 Å². The largest absolute Gasteiger partial charge is 0.372 e. The predicted molar refractivity (Wildman–Crippen MR) is 127 cm³/mol. The number of rotatable bonds is 7. The van der Waals surface area contributed by atoms with Crippen LogP contribution in [-0.4, -0.2) is 35.2 Å². The van der Waals surface area contributed by atoms with Crippen LogP contribution in [0.25, 0.3) is 22.4 Å². The van der Waals surface area contributed by atoms with Gasteiger partial charge in [-0.1, -0.05) is 42.5 Å². The molecule has 0 fully saturated rings. The Balaban J connectivity index is 1.43. The zero-order chi connectivity index (χ0) is 21.6. The number of hydrogen-bond donors (Lipinski definition) is 2. The number of hydrogen-bond acceptors (Lipinski definition) is 4. The summed E-state index contributed by atoms with van der Waals surface area (Å²) in [6.45, 7) is 6.20. The Kier molecular flexibility index (Phi) is 6.08. The number of hydrazone groups is 1. The molecule has 31 heavy (non-hydrogen) atoms. The molecule has 4 rings (SSSR count). The summed E-state index contributed by atoms with van der Waals surface area (Å²) in [6, 6.07) is 23.4. The average molecular weight is 412 g/mol. The molecule has 6 nitrogen and oxygen atoms in total. The third-order valence-electron chi connectivity index (χ3n) is 5.19. The van der Waals surface area contributed by atoms with Gasteiger partial charge in [-0.25, -0.2) is 10.4 Å². The Morgan fingerprint density at radius 2 is 1.77 bits per heavy atom. The fourth-order valence-corrected chi connectivity index (χ4v) is 3.47. The molecule has 0 radical (unpaired) electrons. The van der Waals surface area contributed by atoms with Gasteiger partial charge in [0.25, 0.3) is 5.91 Å². The summed E-state index contributed by atoms with van der Waals surface area (Å²) in [7, 11) is 0. The van der Waals surface area contributed by atoms with E-state index in [1.807, 2.05) is 48.5 Å². The fourth-order valence-electron chi connectivity index (χ4n) is 3.47. The van der Waals surface area contributed by atoms with E-state index >= 15 is 0 Å². The van der Waals surface area contributed by atoms with Crippen LogP contribution in [0.3, 0.4) is 0 Å². The van der Waals surface area contributed by atoms with Crippen LogP contribution in [0.1, 0.15) is 29.8 Å². The number of nitrogens with one attached hydrogen (secondary N) is 2. The van der Waals surface area contributed by atoms with Crippen LogP contribution < -0.4 is 10.3 Å². The SMILES string of the molecule is CCN(CC)c1ccc(/C=N/NC(=O)c2ccc3nc(-c4ccccc4)[nH]c3c2)cc1. The van der Waals surface area contributed by atoms with Gasteiger partial charge in [0.15, 0.2) is 0 Å². The third-order valence-corrected chi connectivity index (χ3v) is 5.19. The molecule has 0 aliphatic heterocycles. The van der Waals surface area contributed by atoms with Crippen molar-refractivity contribution in [2.75, 3.05) is 18.0 Å². The maximum Gasteiger partial charge on any atom is 0.271 e. The summed E-state index contributed by atoms with van der Waals surface area (Å²) in [4.78, 5) is 22.7. The smallest absolute Gasteiger partial charge is 0.271 e. The lowest BCUT2D eigenvalue weighted by Crippen LogP contribution is -2.21. The first kappa shape index (κ1) is 20.3. The Morgan fingerprint density at radius 1 is 1.03 bits per heavy atom. The molecular weight excluding hydrogens is 386 g/mol. The van der Waals surface area contributed by atoms with Crippen LogP contribution in [0.5, 0.6) is 0 Å². The molecule has 156 valence electrons. The molecule has 0 unspecified atom stereocenters. The van der Waals surface area contributed by atoms with Crippen molar-refractivity contribution in [2.45, 2.75) is 13.8 Å². The quantitative estimate of drug-likeness (QED) is 0.338. The summed E-state index contributed by atoms with van der Waals surface area (Å²) >= 11 is 0. The van der Waals surface area contributed by atoms with Gasteiger partial charge >= 0.3 is 0 Å². The molecule has 0 spiro atoms. The lowest BCUT2D eigenvalue weighted by Gasteiger charge is -2.20. The van der Waals surface area contributed by atoms with E-state index in [-0.39, 0.29) is 5.91 Å². The minimum absolute atomic E-state index is 0.270. The van der Waals surface area contributed by atoms with Crippen molar-refractivity contribution in [3.05, 3.63) is 83.9 Å². The minimum Gasteiger partial charge on any atom is -0.372 e. The van der Waals surface area contributed by atoms with E-state index in [9.17, 15) is 4.79 Å². The number of aromatic amines is 1. The lowest BCUT2D eigenvalue weighted by atomic mass is 10.2. The molecule has 3 aromatic carbocycles. The third kappa shape index (κ3) is 4.64. The number of aromatic nitrogens is 2.